The van der Waals surface area contributed by atoms with E-state index in [-0.39, 0.29) is 11.9 Å². The first-order chi connectivity index (χ1) is 8.69. The molecule has 0 radical (unpaired) electrons. The lowest BCUT2D eigenvalue weighted by atomic mass is 10.1. The van der Waals surface area contributed by atoms with Gasteiger partial charge in [0.1, 0.15) is 5.56 Å². The quantitative estimate of drug-likeness (QED) is 0.757. The lowest BCUT2D eigenvalue weighted by Crippen LogP contribution is -2.32. The molecule has 0 saturated carbocycles. The molecule has 0 spiro atoms. The zero-order valence-corrected chi connectivity index (χ0v) is 11.4. The standard InChI is InChI=1S/C14H22N2O2/c1-4-5-6-8-11(2)16-13(17)12-9-7-10-15-14(12)18-3/h7,9-11H,4-6,8H2,1-3H3,(H,16,17). The normalized spacial score (nSPS) is 11.9. The molecule has 1 heterocycles. The summed E-state index contributed by atoms with van der Waals surface area (Å²) in [7, 11) is 1.52. The molecule has 1 aromatic rings. The number of rotatable bonds is 7. The Bertz CT molecular complexity index is 380. The van der Waals surface area contributed by atoms with Crippen LogP contribution in [-0.2, 0) is 0 Å². The molecule has 1 N–H and O–H groups in total. The number of pyridine rings is 1. The highest BCUT2D eigenvalue weighted by Gasteiger charge is 2.14. The van der Waals surface area contributed by atoms with Gasteiger partial charge in [-0.15, -0.1) is 0 Å². The summed E-state index contributed by atoms with van der Waals surface area (Å²) in [5.74, 6) is 0.250. The molecule has 0 aliphatic heterocycles. The highest BCUT2D eigenvalue weighted by molar-refractivity contribution is 5.96. The van der Waals surface area contributed by atoms with Crippen LogP contribution in [0.2, 0.25) is 0 Å². The fourth-order valence-electron chi connectivity index (χ4n) is 1.80. The van der Waals surface area contributed by atoms with E-state index in [1.54, 1.807) is 18.3 Å². The topological polar surface area (TPSA) is 51.2 Å². The van der Waals surface area contributed by atoms with E-state index in [1.165, 1.54) is 20.0 Å². The van der Waals surface area contributed by atoms with Gasteiger partial charge in [0.2, 0.25) is 5.88 Å². The molecule has 0 bridgehead atoms. The van der Waals surface area contributed by atoms with Gasteiger partial charge in [-0.1, -0.05) is 26.2 Å². The number of methoxy groups -OCH3 is 1. The molecular weight excluding hydrogens is 228 g/mol. The Morgan fingerprint density at radius 3 is 2.94 bits per heavy atom. The third-order valence-electron chi connectivity index (χ3n) is 2.83. The van der Waals surface area contributed by atoms with Crippen molar-refractivity contribution in [2.75, 3.05) is 7.11 Å². The van der Waals surface area contributed by atoms with Gasteiger partial charge >= 0.3 is 0 Å². The van der Waals surface area contributed by atoms with Crippen molar-refractivity contribution in [2.45, 2.75) is 45.6 Å². The molecule has 100 valence electrons. The molecule has 0 saturated heterocycles. The minimum absolute atomic E-state index is 0.121. The molecule has 4 heteroatoms. The molecule has 1 amide bonds. The summed E-state index contributed by atoms with van der Waals surface area (Å²) in [5.41, 5.74) is 0.488. The lowest BCUT2D eigenvalue weighted by molar-refractivity contribution is 0.0934. The summed E-state index contributed by atoms with van der Waals surface area (Å²) < 4.78 is 5.07. The number of carbonyl (C=O) groups is 1. The SMILES string of the molecule is CCCCCC(C)NC(=O)c1cccnc1OC. The number of nitrogens with one attached hydrogen (secondary N) is 1. The fourth-order valence-corrected chi connectivity index (χ4v) is 1.80. The maximum absolute atomic E-state index is 12.0. The molecule has 0 aliphatic rings. The Morgan fingerprint density at radius 2 is 2.28 bits per heavy atom. The van der Waals surface area contributed by atoms with Crippen molar-refractivity contribution in [3.63, 3.8) is 0 Å². The Labute approximate surface area is 109 Å². The van der Waals surface area contributed by atoms with Crippen LogP contribution in [0.5, 0.6) is 5.88 Å². The van der Waals surface area contributed by atoms with Gasteiger partial charge in [0, 0.05) is 12.2 Å². The predicted molar refractivity (Wildman–Crippen MR) is 71.9 cm³/mol. The molecule has 0 aromatic carbocycles. The molecule has 0 aliphatic carbocycles. The van der Waals surface area contributed by atoms with Crippen LogP contribution >= 0.6 is 0 Å². The van der Waals surface area contributed by atoms with Gasteiger partial charge < -0.3 is 10.1 Å². The fraction of sp³-hybridized carbons (Fsp3) is 0.571. The van der Waals surface area contributed by atoms with Gasteiger partial charge in [-0.25, -0.2) is 4.98 Å². The van der Waals surface area contributed by atoms with Crippen molar-refractivity contribution in [3.05, 3.63) is 23.9 Å². The van der Waals surface area contributed by atoms with Crippen LogP contribution in [0, 0.1) is 0 Å². The first-order valence-electron chi connectivity index (χ1n) is 6.49. The van der Waals surface area contributed by atoms with Gasteiger partial charge in [0.05, 0.1) is 7.11 Å². The largest absolute Gasteiger partial charge is 0.480 e. The number of amides is 1. The van der Waals surface area contributed by atoms with Gasteiger partial charge in [-0.2, -0.15) is 0 Å². The predicted octanol–water partition coefficient (Wildman–Crippen LogP) is 2.79. The number of hydrogen-bond acceptors (Lipinski definition) is 3. The Balaban J connectivity index is 2.54. The Morgan fingerprint density at radius 1 is 1.50 bits per heavy atom. The number of hydrogen-bond donors (Lipinski definition) is 1. The minimum atomic E-state index is -0.121. The van der Waals surface area contributed by atoms with E-state index in [0.717, 1.165) is 12.8 Å². The summed E-state index contributed by atoms with van der Waals surface area (Å²) in [6, 6.07) is 3.63. The van der Waals surface area contributed by atoms with E-state index in [9.17, 15) is 4.79 Å². The van der Waals surface area contributed by atoms with Crippen LogP contribution in [0.4, 0.5) is 0 Å². The second kappa shape index (κ2) is 7.69. The highest BCUT2D eigenvalue weighted by atomic mass is 16.5. The lowest BCUT2D eigenvalue weighted by Gasteiger charge is -2.14. The van der Waals surface area contributed by atoms with Crippen LogP contribution in [0.25, 0.3) is 0 Å². The average Bonchev–Trinajstić information content (AvgIpc) is 2.39. The van der Waals surface area contributed by atoms with Crippen LogP contribution in [0.3, 0.4) is 0 Å². The van der Waals surface area contributed by atoms with Crippen LogP contribution in [0.1, 0.15) is 49.9 Å². The second-order valence-electron chi connectivity index (χ2n) is 4.43. The van der Waals surface area contributed by atoms with E-state index >= 15 is 0 Å². The second-order valence-corrected chi connectivity index (χ2v) is 4.43. The van der Waals surface area contributed by atoms with E-state index in [4.69, 9.17) is 4.74 Å². The van der Waals surface area contributed by atoms with Crippen molar-refractivity contribution >= 4 is 5.91 Å². The highest BCUT2D eigenvalue weighted by Crippen LogP contribution is 2.14. The average molecular weight is 250 g/mol. The minimum Gasteiger partial charge on any atom is -0.480 e. The molecule has 1 atom stereocenters. The number of carbonyl (C=O) groups excluding carboxylic acids is 1. The summed E-state index contributed by atoms with van der Waals surface area (Å²) >= 11 is 0. The Kier molecular flexibility index (Phi) is 6.19. The molecular formula is C14H22N2O2. The summed E-state index contributed by atoms with van der Waals surface area (Å²) in [5, 5.41) is 2.97. The molecule has 1 aromatic heterocycles. The maximum Gasteiger partial charge on any atom is 0.256 e. The zero-order chi connectivity index (χ0) is 13.4. The van der Waals surface area contributed by atoms with E-state index in [1.807, 2.05) is 6.92 Å². The molecule has 4 nitrogen and oxygen atoms in total. The summed E-state index contributed by atoms with van der Waals surface area (Å²) in [4.78, 5) is 16.1. The summed E-state index contributed by atoms with van der Waals surface area (Å²) in [6.07, 6.45) is 6.15. The Hall–Kier alpha value is -1.58. The van der Waals surface area contributed by atoms with Crippen molar-refractivity contribution < 1.29 is 9.53 Å². The smallest absolute Gasteiger partial charge is 0.256 e. The van der Waals surface area contributed by atoms with Crippen molar-refractivity contribution in [3.8, 4) is 5.88 Å². The summed E-state index contributed by atoms with van der Waals surface area (Å²) in [6.45, 7) is 4.19. The van der Waals surface area contributed by atoms with Crippen LogP contribution < -0.4 is 10.1 Å². The van der Waals surface area contributed by atoms with E-state index in [2.05, 4.69) is 17.2 Å². The first kappa shape index (κ1) is 14.5. The van der Waals surface area contributed by atoms with Crippen molar-refractivity contribution in [1.29, 1.82) is 0 Å². The molecule has 1 unspecified atom stereocenters. The van der Waals surface area contributed by atoms with E-state index in [0.29, 0.717) is 11.4 Å². The molecule has 18 heavy (non-hydrogen) atoms. The van der Waals surface area contributed by atoms with Crippen LogP contribution in [0.15, 0.2) is 18.3 Å². The van der Waals surface area contributed by atoms with Gasteiger partial charge in [-0.3, -0.25) is 4.79 Å². The number of ether oxygens (including phenoxy) is 1. The number of aromatic nitrogens is 1. The zero-order valence-electron chi connectivity index (χ0n) is 11.4. The van der Waals surface area contributed by atoms with E-state index < -0.39 is 0 Å². The molecule has 0 fully saturated rings. The van der Waals surface area contributed by atoms with Gasteiger partial charge in [0.25, 0.3) is 5.91 Å². The van der Waals surface area contributed by atoms with Crippen molar-refractivity contribution in [2.24, 2.45) is 0 Å². The third kappa shape index (κ3) is 4.35. The third-order valence-corrected chi connectivity index (χ3v) is 2.83. The number of nitrogens with zero attached hydrogens (tertiary/aromatic N) is 1. The van der Waals surface area contributed by atoms with Gasteiger partial charge in [-0.05, 0) is 25.5 Å². The van der Waals surface area contributed by atoms with Crippen molar-refractivity contribution in [1.82, 2.24) is 10.3 Å². The maximum atomic E-state index is 12.0. The number of unbranched alkanes of at least 4 members (excludes halogenated alkanes) is 2. The first-order valence-corrected chi connectivity index (χ1v) is 6.49. The van der Waals surface area contributed by atoms with Crippen LogP contribution in [-0.4, -0.2) is 24.0 Å². The monoisotopic (exact) mass is 250 g/mol. The van der Waals surface area contributed by atoms with Gasteiger partial charge in [0.15, 0.2) is 0 Å². The molecule has 1 rings (SSSR count).